The van der Waals surface area contributed by atoms with Crippen LogP contribution in [0.2, 0.25) is 0 Å². The monoisotopic (exact) mass is 358 g/mol. The van der Waals surface area contributed by atoms with Crippen LogP contribution in [0.4, 0.5) is 5.82 Å². The minimum absolute atomic E-state index is 0.222. The molecule has 3 rings (SSSR count). The number of carbonyl (C=O) groups excluding carboxylic acids is 1. The van der Waals surface area contributed by atoms with E-state index in [1.807, 2.05) is 45.2 Å². The van der Waals surface area contributed by atoms with Crippen LogP contribution in [-0.4, -0.2) is 20.3 Å². The Balaban J connectivity index is 2.06. The fourth-order valence-electron chi connectivity index (χ4n) is 2.44. The largest absolute Gasteiger partial charge is 0.305 e. The first-order valence-corrected chi connectivity index (χ1v) is 7.64. The first-order chi connectivity index (χ1) is 10.5. The summed E-state index contributed by atoms with van der Waals surface area (Å²) in [4.78, 5) is 21.3. The molecule has 112 valence electrons. The molecule has 6 heteroatoms. The van der Waals surface area contributed by atoms with Gasteiger partial charge in [-0.05, 0) is 66.0 Å². The number of pyridine rings is 2. The van der Waals surface area contributed by atoms with Gasteiger partial charge < -0.3 is 5.32 Å². The van der Waals surface area contributed by atoms with Crippen LogP contribution >= 0.6 is 15.9 Å². The van der Waals surface area contributed by atoms with Gasteiger partial charge in [0.15, 0.2) is 0 Å². The maximum atomic E-state index is 12.6. The Morgan fingerprint density at radius 2 is 2.05 bits per heavy atom. The standard InChI is InChI=1S/C16H15BrN4O/c1-9-4-5-18-13(6-9)20-16(22)14-11(3)19-15-10(2)7-12(17)8-21(14)15/h4-8H,1-3H3,(H,18,20,22). The van der Waals surface area contributed by atoms with E-state index in [2.05, 4.69) is 31.2 Å². The van der Waals surface area contributed by atoms with Gasteiger partial charge >= 0.3 is 0 Å². The van der Waals surface area contributed by atoms with E-state index in [1.54, 1.807) is 10.6 Å². The molecule has 0 unspecified atom stereocenters. The third kappa shape index (κ3) is 2.62. The van der Waals surface area contributed by atoms with Crippen LogP contribution in [0.3, 0.4) is 0 Å². The van der Waals surface area contributed by atoms with Crippen molar-refractivity contribution in [2.24, 2.45) is 0 Å². The maximum absolute atomic E-state index is 12.6. The van der Waals surface area contributed by atoms with Crippen molar-refractivity contribution in [1.29, 1.82) is 0 Å². The van der Waals surface area contributed by atoms with Gasteiger partial charge in [0, 0.05) is 16.9 Å². The average Bonchev–Trinajstić information content (AvgIpc) is 2.75. The molecule has 0 radical (unpaired) electrons. The van der Waals surface area contributed by atoms with Crippen LogP contribution in [0.5, 0.6) is 0 Å². The van der Waals surface area contributed by atoms with Crippen molar-refractivity contribution < 1.29 is 4.79 Å². The van der Waals surface area contributed by atoms with Gasteiger partial charge in [0.2, 0.25) is 0 Å². The molecule has 0 aliphatic rings. The lowest BCUT2D eigenvalue weighted by atomic mass is 10.3. The zero-order valence-corrected chi connectivity index (χ0v) is 14.1. The number of aromatic nitrogens is 3. The van der Waals surface area contributed by atoms with Crippen LogP contribution in [0.15, 0.2) is 35.1 Å². The highest BCUT2D eigenvalue weighted by Gasteiger charge is 2.18. The molecule has 22 heavy (non-hydrogen) atoms. The Labute approximate surface area is 136 Å². The summed E-state index contributed by atoms with van der Waals surface area (Å²) in [5.41, 5.74) is 4.03. The van der Waals surface area contributed by atoms with Gasteiger partial charge in [-0.3, -0.25) is 9.20 Å². The van der Waals surface area contributed by atoms with Gasteiger partial charge in [-0.1, -0.05) is 0 Å². The number of aryl methyl sites for hydroxylation is 3. The molecule has 0 bridgehead atoms. The van der Waals surface area contributed by atoms with Gasteiger partial charge in [-0.2, -0.15) is 0 Å². The number of halogens is 1. The van der Waals surface area contributed by atoms with E-state index in [0.29, 0.717) is 17.2 Å². The molecule has 0 spiro atoms. The quantitative estimate of drug-likeness (QED) is 0.760. The minimum Gasteiger partial charge on any atom is -0.305 e. The van der Waals surface area contributed by atoms with E-state index in [-0.39, 0.29) is 5.91 Å². The SMILES string of the molecule is Cc1ccnc(NC(=O)c2c(C)nc3c(C)cc(Br)cn23)c1. The molecule has 0 aliphatic carbocycles. The molecule has 0 aromatic carbocycles. The summed E-state index contributed by atoms with van der Waals surface area (Å²) in [7, 11) is 0. The molecule has 1 amide bonds. The number of rotatable bonds is 2. The Morgan fingerprint density at radius 1 is 1.27 bits per heavy atom. The molecule has 0 saturated carbocycles. The van der Waals surface area contributed by atoms with Crippen LogP contribution < -0.4 is 5.32 Å². The molecule has 5 nitrogen and oxygen atoms in total. The van der Waals surface area contributed by atoms with Crippen molar-refractivity contribution in [2.45, 2.75) is 20.8 Å². The van der Waals surface area contributed by atoms with E-state index in [4.69, 9.17) is 0 Å². The molecule has 3 aromatic heterocycles. The number of carbonyl (C=O) groups is 1. The van der Waals surface area contributed by atoms with Crippen LogP contribution in [0.25, 0.3) is 5.65 Å². The van der Waals surface area contributed by atoms with E-state index in [9.17, 15) is 4.79 Å². The minimum atomic E-state index is -0.222. The number of anilines is 1. The van der Waals surface area contributed by atoms with Gasteiger partial charge in [0.25, 0.3) is 5.91 Å². The summed E-state index contributed by atoms with van der Waals surface area (Å²) < 4.78 is 2.71. The van der Waals surface area contributed by atoms with Crippen molar-refractivity contribution in [3.05, 3.63) is 57.6 Å². The van der Waals surface area contributed by atoms with Crippen molar-refractivity contribution >= 4 is 33.3 Å². The average molecular weight is 359 g/mol. The van der Waals surface area contributed by atoms with Crippen LogP contribution in [0, 0.1) is 20.8 Å². The number of fused-ring (bicyclic) bond motifs is 1. The maximum Gasteiger partial charge on any atom is 0.275 e. The van der Waals surface area contributed by atoms with Gasteiger partial charge in [-0.25, -0.2) is 9.97 Å². The predicted molar refractivity (Wildman–Crippen MR) is 89.3 cm³/mol. The molecule has 3 heterocycles. The summed E-state index contributed by atoms with van der Waals surface area (Å²) in [5, 5.41) is 2.83. The second-order valence-electron chi connectivity index (χ2n) is 5.25. The first kappa shape index (κ1) is 14.7. The summed E-state index contributed by atoms with van der Waals surface area (Å²) in [6.45, 7) is 5.76. The Morgan fingerprint density at radius 3 is 2.77 bits per heavy atom. The highest BCUT2D eigenvalue weighted by Crippen LogP contribution is 2.21. The second kappa shape index (κ2) is 5.53. The van der Waals surface area contributed by atoms with Crippen LogP contribution in [0.1, 0.15) is 27.3 Å². The zero-order valence-electron chi connectivity index (χ0n) is 12.5. The number of imidazole rings is 1. The van der Waals surface area contributed by atoms with Crippen LogP contribution in [-0.2, 0) is 0 Å². The Kier molecular flexibility index (Phi) is 3.70. The zero-order chi connectivity index (χ0) is 15.9. The number of nitrogens with zero attached hydrogens (tertiary/aromatic N) is 3. The lowest BCUT2D eigenvalue weighted by Crippen LogP contribution is -2.16. The van der Waals surface area contributed by atoms with Crippen molar-refractivity contribution in [2.75, 3.05) is 5.32 Å². The molecular weight excluding hydrogens is 344 g/mol. The number of amides is 1. The van der Waals surface area contributed by atoms with Gasteiger partial charge in [-0.15, -0.1) is 0 Å². The summed E-state index contributed by atoms with van der Waals surface area (Å²) in [6.07, 6.45) is 3.52. The predicted octanol–water partition coefficient (Wildman–Crippen LogP) is 3.67. The van der Waals surface area contributed by atoms with Crippen molar-refractivity contribution in [3.63, 3.8) is 0 Å². The first-order valence-electron chi connectivity index (χ1n) is 6.84. The molecule has 0 fully saturated rings. The smallest absolute Gasteiger partial charge is 0.275 e. The molecule has 0 aliphatic heterocycles. The third-order valence-corrected chi connectivity index (χ3v) is 3.85. The summed E-state index contributed by atoms with van der Waals surface area (Å²) in [5.74, 6) is 0.312. The molecule has 0 atom stereocenters. The number of nitrogens with one attached hydrogen (secondary N) is 1. The topological polar surface area (TPSA) is 59.3 Å². The Bertz CT molecular complexity index is 885. The van der Waals surface area contributed by atoms with Gasteiger partial charge in [0.1, 0.15) is 17.2 Å². The third-order valence-electron chi connectivity index (χ3n) is 3.42. The van der Waals surface area contributed by atoms with Gasteiger partial charge in [0.05, 0.1) is 5.69 Å². The van der Waals surface area contributed by atoms with E-state index in [0.717, 1.165) is 21.2 Å². The Hall–Kier alpha value is -2.21. The summed E-state index contributed by atoms with van der Waals surface area (Å²) >= 11 is 3.46. The molecule has 0 saturated heterocycles. The second-order valence-corrected chi connectivity index (χ2v) is 6.17. The van der Waals surface area contributed by atoms with Crippen molar-refractivity contribution in [1.82, 2.24) is 14.4 Å². The van der Waals surface area contributed by atoms with E-state index >= 15 is 0 Å². The lowest BCUT2D eigenvalue weighted by molar-refractivity contribution is 0.102. The summed E-state index contributed by atoms with van der Waals surface area (Å²) in [6, 6.07) is 5.69. The number of hydrogen-bond acceptors (Lipinski definition) is 3. The number of hydrogen-bond donors (Lipinski definition) is 1. The molecular formula is C16H15BrN4O. The van der Waals surface area contributed by atoms with E-state index in [1.165, 1.54) is 0 Å². The fourth-order valence-corrected chi connectivity index (χ4v) is 2.98. The fraction of sp³-hybridized carbons (Fsp3) is 0.188. The van der Waals surface area contributed by atoms with Crippen molar-refractivity contribution in [3.8, 4) is 0 Å². The molecule has 1 N–H and O–H groups in total. The normalized spacial score (nSPS) is 10.9. The highest BCUT2D eigenvalue weighted by atomic mass is 79.9. The lowest BCUT2D eigenvalue weighted by Gasteiger charge is -2.07. The van der Waals surface area contributed by atoms with E-state index < -0.39 is 0 Å². The highest BCUT2D eigenvalue weighted by molar-refractivity contribution is 9.10. The molecule has 3 aromatic rings.